The Bertz CT molecular complexity index is 395. The van der Waals surface area contributed by atoms with Gasteiger partial charge in [0.1, 0.15) is 11.5 Å². The van der Waals surface area contributed by atoms with Gasteiger partial charge in [-0.05, 0) is 38.8 Å². The molecule has 1 aliphatic carbocycles. The Kier molecular flexibility index (Phi) is 5.06. The summed E-state index contributed by atoms with van der Waals surface area (Å²) < 4.78 is 5.87. The molecule has 1 aromatic heterocycles. The van der Waals surface area contributed by atoms with Crippen LogP contribution in [0.4, 0.5) is 0 Å². The van der Waals surface area contributed by atoms with Gasteiger partial charge < -0.3 is 9.73 Å². The zero-order valence-electron chi connectivity index (χ0n) is 12.8. The van der Waals surface area contributed by atoms with Crippen molar-refractivity contribution in [3.63, 3.8) is 0 Å². The lowest BCUT2D eigenvalue weighted by molar-refractivity contribution is 0.253. The van der Waals surface area contributed by atoms with Gasteiger partial charge in [-0.25, -0.2) is 0 Å². The van der Waals surface area contributed by atoms with Crippen molar-refractivity contribution in [1.29, 1.82) is 0 Å². The predicted molar refractivity (Wildman–Crippen MR) is 79.1 cm³/mol. The third-order valence-electron chi connectivity index (χ3n) is 3.98. The summed E-state index contributed by atoms with van der Waals surface area (Å²) in [5.74, 6) is 2.91. The predicted octanol–water partition coefficient (Wildman–Crippen LogP) is 3.32. The fourth-order valence-corrected chi connectivity index (χ4v) is 2.37. The lowest BCUT2D eigenvalue weighted by atomic mass is 10.1. The van der Waals surface area contributed by atoms with Crippen molar-refractivity contribution in [2.24, 2.45) is 5.92 Å². The molecule has 108 valence electrons. The summed E-state index contributed by atoms with van der Waals surface area (Å²) in [4.78, 5) is 2.35. The summed E-state index contributed by atoms with van der Waals surface area (Å²) in [6.45, 7) is 9.61. The summed E-state index contributed by atoms with van der Waals surface area (Å²) >= 11 is 0. The molecule has 1 saturated carbocycles. The lowest BCUT2D eigenvalue weighted by Crippen LogP contribution is -2.23. The maximum atomic E-state index is 5.87. The molecule has 1 unspecified atom stereocenters. The first-order chi connectivity index (χ1) is 9.08. The smallest absolute Gasteiger partial charge is 0.118 e. The fraction of sp³-hybridized carbons (Fsp3) is 0.750. The molecule has 0 bridgehead atoms. The summed E-state index contributed by atoms with van der Waals surface area (Å²) in [5.41, 5.74) is 1.32. The minimum absolute atomic E-state index is 0.747. The highest BCUT2D eigenvalue weighted by atomic mass is 16.3. The van der Waals surface area contributed by atoms with Crippen molar-refractivity contribution >= 4 is 0 Å². The van der Waals surface area contributed by atoms with Crippen LogP contribution in [0.1, 0.15) is 50.2 Å². The maximum Gasteiger partial charge on any atom is 0.118 e. The Morgan fingerprint density at radius 2 is 2.21 bits per heavy atom. The maximum absolute atomic E-state index is 5.87. The molecule has 0 saturated heterocycles. The van der Waals surface area contributed by atoms with Crippen LogP contribution in [0.15, 0.2) is 10.5 Å². The van der Waals surface area contributed by atoms with E-state index in [9.17, 15) is 0 Å². The van der Waals surface area contributed by atoms with Gasteiger partial charge in [-0.15, -0.1) is 0 Å². The molecule has 1 aliphatic rings. The van der Waals surface area contributed by atoms with Crippen molar-refractivity contribution in [2.45, 2.75) is 59.2 Å². The SMILES string of the molecule is CCC(C)CN(C)Cc1cc(CNC2CC2)c(C)o1. The average Bonchev–Trinajstić information content (AvgIpc) is 3.12. The highest BCUT2D eigenvalue weighted by Gasteiger charge is 2.21. The van der Waals surface area contributed by atoms with Gasteiger partial charge in [0.25, 0.3) is 0 Å². The van der Waals surface area contributed by atoms with Gasteiger partial charge in [-0.2, -0.15) is 0 Å². The van der Waals surface area contributed by atoms with Crippen LogP contribution in [0.25, 0.3) is 0 Å². The Labute approximate surface area is 117 Å². The first kappa shape index (κ1) is 14.6. The Morgan fingerprint density at radius 1 is 1.47 bits per heavy atom. The van der Waals surface area contributed by atoms with Crippen molar-refractivity contribution in [2.75, 3.05) is 13.6 Å². The molecule has 0 aromatic carbocycles. The van der Waals surface area contributed by atoms with E-state index in [0.29, 0.717) is 0 Å². The molecule has 0 radical (unpaired) electrons. The van der Waals surface area contributed by atoms with Gasteiger partial charge in [0.2, 0.25) is 0 Å². The molecule has 0 aliphatic heterocycles. The van der Waals surface area contributed by atoms with Gasteiger partial charge in [0, 0.05) is 24.7 Å². The van der Waals surface area contributed by atoms with E-state index in [1.54, 1.807) is 0 Å². The van der Waals surface area contributed by atoms with Gasteiger partial charge >= 0.3 is 0 Å². The van der Waals surface area contributed by atoms with E-state index in [0.717, 1.165) is 43.1 Å². The normalized spacial score (nSPS) is 17.1. The average molecular weight is 264 g/mol. The van der Waals surface area contributed by atoms with Crippen molar-refractivity contribution < 1.29 is 4.42 Å². The van der Waals surface area contributed by atoms with E-state index in [1.807, 2.05) is 0 Å². The Hall–Kier alpha value is -0.800. The van der Waals surface area contributed by atoms with Crippen LogP contribution in [0.2, 0.25) is 0 Å². The van der Waals surface area contributed by atoms with Crippen LogP contribution in [0.3, 0.4) is 0 Å². The van der Waals surface area contributed by atoms with Crippen LogP contribution in [-0.4, -0.2) is 24.5 Å². The zero-order chi connectivity index (χ0) is 13.8. The molecule has 2 rings (SSSR count). The summed E-state index contributed by atoms with van der Waals surface area (Å²) in [6, 6.07) is 2.98. The minimum Gasteiger partial charge on any atom is -0.465 e. The van der Waals surface area contributed by atoms with Crippen LogP contribution < -0.4 is 5.32 Å². The van der Waals surface area contributed by atoms with Gasteiger partial charge in [-0.1, -0.05) is 20.3 Å². The van der Waals surface area contributed by atoms with Crippen molar-refractivity contribution in [3.05, 3.63) is 23.2 Å². The zero-order valence-corrected chi connectivity index (χ0v) is 12.8. The molecule has 0 amide bonds. The molecule has 3 nitrogen and oxygen atoms in total. The molecule has 1 N–H and O–H groups in total. The molecule has 1 heterocycles. The van der Waals surface area contributed by atoms with Crippen LogP contribution in [0.5, 0.6) is 0 Å². The second kappa shape index (κ2) is 6.58. The molecule has 3 heteroatoms. The monoisotopic (exact) mass is 264 g/mol. The Morgan fingerprint density at radius 3 is 2.84 bits per heavy atom. The fourth-order valence-electron chi connectivity index (χ4n) is 2.37. The van der Waals surface area contributed by atoms with Crippen molar-refractivity contribution in [3.8, 4) is 0 Å². The summed E-state index contributed by atoms with van der Waals surface area (Å²) in [5, 5.41) is 3.55. The second-order valence-electron chi connectivity index (χ2n) is 6.16. The van der Waals surface area contributed by atoms with E-state index in [4.69, 9.17) is 4.42 Å². The van der Waals surface area contributed by atoms with E-state index >= 15 is 0 Å². The topological polar surface area (TPSA) is 28.4 Å². The summed E-state index contributed by atoms with van der Waals surface area (Å²) in [7, 11) is 2.17. The van der Waals surface area contributed by atoms with Crippen LogP contribution in [-0.2, 0) is 13.1 Å². The quantitative estimate of drug-likeness (QED) is 0.781. The number of nitrogens with one attached hydrogen (secondary N) is 1. The summed E-state index contributed by atoms with van der Waals surface area (Å²) in [6.07, 6.45) is 3.90. The number of hydrogen-bond donors (Lipinski definition) is 1. The first-order valence-corrected chi connectivity index (χ1v) is 7.58. The van der Waals surface area contributed by atoms with E-state index in [-0.39, 0.29) is 0 Å². The molecular weight excluding hydrogens is 236 g/mol. The number of rotatable bonds is 8. The third-order valence-corrected chi connectivity index (χ3v) is 3.98. The third kappa shape index (κ3) is 4.66. The second-order valence-corrected chi connectivity index (χ2v) is 6.16. The first-order valence-electron chi connectivity index (χ1n) is 7.58. The number of hydrogen-bond acceptors (Lipinski definition) is 3. The molecule has 19 heavy (non-hydrogen) atoms. The number of furan rings is 1. The highest BCUT2D eigenvalue weighted by molar-refractivity contribution is 5.21. The molecular formula is C16H28N2O. The highest BCUT2D eigenvalue weighted by Crippen LogP contribution is 2.21. The van der Waals surface area contributed by atoms with Gasteiger partial charge in [0.05, 0.1) is 6.54 Å². The molecule has 0 spiro atoms. The number of nitrogens with zero attached hydrogens (tertiary/aromatic N) is 1. The molecule has 1 fully saturated rings. The van der Waals surface area contributed by atoms with E-state index in [2.05, 4.69) is 44.1 Å². The minimum atomic E-state index is 0.747. The number of aryl methyl sites for hydroxylation is 1. The van der Waals surface area contributed by atoms with Crippen LogP contribution >= 0.6 is 0 Å². The lowest BCUT2D eigenvalue weighted by Gasteiger charge is -2.18. The van der Waals surface area contributed by atoms with Crippen LogP contribution in [0, 0.1) is 12.8 Å². The van der Waals surface area contributed by atoms with Gasteiger partial charge in [0.15, 0.2) is 0 Å². The van der Waals surface area contributed by atoms with Gasteiger partial charge in [-0.3, -0.25) is 4.90 Å². The standard InChI is InChI=1S/C16H28N2O/c1-5-12(2)10-18(4)11-16-8-14(13(3)19-16)9-17-15-6-7-15/h8,12,15,17H,5-7,9-11H2,1-4H3. The Balaban J connectivity index is 1.83. The molecule has 1 aromatic rings. The van der Waals surface area contributed by atoms with E-state index < -0.39 is 0 Å². The molecule has 1 atom stereocenters. The van der Waals surface area contributed by atoms with Crippen molar-refractivity contribution in [1.82, 2.24) is 10.2 Å². The largest absolute Gasteiger partial charge is 0.465 e. The van der Waals surface area contributed by atoms with E-state index in [1.165, 1.54) is 24.8 Å².